The van der Waals surface area contributed by atoms with Crippen molar-refractivity contribution in [3.8, 4) is 11.8 Å². The number of benzene rings is 1. The van der Waals surface area contributed by atoms with Crippen LogP contribution in [0.5, 0.6) is 5.75 Å². The second-order valence-corrected chi connectivity index (χ2v) is 7.47. The second kappa shape index (κ2) is 6.89. The minimum Gasteiger partial charge on any atom is -0.491 e. The zero-order valence-electron chi connectivity index (χ0n) is 13.6. The van der Waals surface area contributed by atoms with Crippen LogP contribution in [0.4, 0.5) is 0 Å². The van der Waals surface area contributed by atoms with E-state index < -0.39 is 11.5 Å². The first-order chi connectivity index (χ1) is 11.5. The Kier molecular flexibility index (Phi) is 5.03. The number of likely N-dealkylation sites (tertiary alicyclic amines) is 1. The van der Waals surface area contributed by atoms with Crippen molar-refractivity contribution in [3.05, 3.63) is 29.3 Å². The van der Waals surface area contributed by atoms with Crippen molar-refractivity contribution < 1.29 is 14.9 Å². The molecule has 0 radical (unpaired) electrons. The van der Waals surface area contributed by atoms with Crippen LogP contribution in [0.1, 0.15) is 19.3 Å². The lowest BCUT2D eigenvalue weighted by Crippen LogP contribution is -2.42. The van der Waals surface area contributed by atoms with E-state index in [0.29, 0.717) is 17.3 Å². The van der Waals surface area contributed by atoms with Crippen LogP contribution in [-0.4, -0.2) is 54.1 Å². The maximum atomic E-state index is 10.2. The van der Waals surface area contributed by atoms with Gasteiger partial charge in [-0.2, -0.15) is 5.26 Å². The number of β-amino-alcohol motifs (C(OH)–C–C–N with tert-alkyl or cyclic N) is 1. The van der Waals surface area contributed by atoms with E-state index in [0.717, 1.165) is 32.4 Å². The molecule has 2 N–H and O–H groups in total. The van der Waals surface area contributed by atoms with E-state index in [4.69, 9.17) is 16.3 Å². The first kappa shape index (κ1) is 17.5. The molecule has 2 aliphatic rings. The lowest BCUT2D eigenvalue weighted by Gasteiger charge is -2.34. The fraction of sp³-hybridized carbons (Fsp3) is 0.611. The Bertz CT molecular complexity index is 625. The van der Waals surface area contributed by atoms with Gasteiger partial charge in [0.15, 0.2) is 0 Å². The first-order valence-electron chi connectivity index (χ1n) is 8.33. The molecule has 1 aliphatic carbocycles. The number of hydrogen-bond acceptors (Lipinski definition) is 5. The highest BCUT2D eigenvalue weighted by Gasteiger charge is 2.67. The zero-order chi connectivity index (χ0) is 17.2. The highest BCUT2D eigenvalue weighted by atomic mass is 35.5. The third kappa shape index (κ3) is 3.38. The van der Waals surface area contributed by atoms with Crippen LogP contribution < -0.4 is 4.74 Å². The first-order valence-corrected chi connectivity index (χ1v) is 8.71. The van der Waals surface area contributed by atoms with Crippen molar-refractivity contribution >= 4 is 11.6 Å². The van der Waals surface area contributed by atoms with Gasteiger partial charge in [-0.05, 0) is 56.0 Å². The normalized spacial score (nSPS) is 26.8. The molecule has 1 spiro atoms. The molecule has 1 saturated heterocycles. The maximum absolute atomic E-state index is 10.2. The number of aliphatic hydroxyl groups excluding tert-OH is 2. The van der Waals surface area contributed by atoms with Crippen molar-refractivity contribution in [2.75, 3.05) is 32.8 Å². The molecule has 0 aromatic heterocycles. The van der Waals surface area contributed by atoms with E-state index in [1.54, 1.807) is 12.1 Å². The molecular formula is C18H23ClN2O3. The third-order valence-corrected chi connectivity index (χ3v) is 5.77. The number of halogens is 1. The number of ether oxygens (including phenoxy) is 1. The highest BCUT2D eigenvalue weighted by Crippen LogP contribution is 2.68. The summed E-state index contributed by atoms with van der Waals surface area (Å²) >= 11 is 5.90. The molecule has 0 bridgehead atoms. The SMILES string of the molecule is N#CC1(CO)CC12CCN(CC(O)COc1cccc(Cl)c1)CC2. The standard InChI is InChI=1S/C18H23ClN2O3/c19-14-2-1-3-16(8-14)24-10-15(23)9-21-6-4-17(5-7-21)11-18(17,12-20)13-22/h1-3,8,15,22-23H,4-7,9-11,13H2. The van der Waals surface area contributed by atoms with Crippen LogP contribution in [-0.2, 0) is 0 Å². The predicted molar refractivity (Wildman–Crippen MR) is 90.8 cm³/mol. The van der Waals surface area contributed by atoms with Crippen molar-refractivity contribution in [2.45, 2.75) is 25.4 Å². The summed E-state index contributed by atoms with van der Waals surface area (Å²) in [5.74, 6) is 0.652. The van der Waals surface area contributed by atoms with Gasteiger partial charge in [-0.1, -0.05) is 17.7 Å². The van der Waals surface area contributed by atoms with Crippen LogP contribution in [0, 0.1) is 22.2 Å². The largest absolute Gasteiger partial charge is 0.491 e. The fourth-order valence-electron chi connectivity index (χ4n) is 3.87. The Hall–Kier alpha value is -1.32. The summed E-state index contributed by atoms with van der Waals surface area (Å²) in [4.78, 5) is 2.20. The Morgan fingerprint density at radius 3 is 2.71 bits per heavy atom. The number of nitrogens with zero attached hydrogens (tertiary/aromatic N) is 2. The van der Waals surface area contributed by atoms with E-state index in [9.17, 15) is 15.5 Å². The Morgan fingerprint density at radius 1 is 1.38 bits per heavy atom. The third-order valence-electron chi connectivity index (χ3n) is 5.53. The molecule has 5 nitrogen and oxygen atoms in total. The summed E-state index contributed by atoms with van der Waals surface area (Å²) in [5, 5.41) is 29.6. The average Bonchev–Trinajstić information content (AvgIpc) is 3.23. The molecule has 3 rings (SSSR count). The smallest absolute Gasteiger partial charge is 0.120 e. The van der Waals surface area contributed by atoms with Gasteiger partial charge in [-0.25, -0.2) is 0 Å². The topological polar surface area (TPSA) is 76.7 Å². The molecule has 24 heavy (non-hydrogen) atoms. The lowest BCUT2D eigenvalue weighted by molar-refractivity contribution is 0.0467. The number of aliphatic hydroxyl groups is 2. The number of piperidine rings is 1. The van der Waals surface area contributed by atoms with Crippen molar-refractivity contribution in [1.82, 2.24) is 4.90 Å². The Balaban J connectivity index is 1.43. The van der Waals surface area contributed by atoms with Crippen LogP contribution >= 0.6 is 11.6 Å². The highest BCUT2D eigenvalue weighted by molar-refractivity contribution is 6.30. The van der Waals surface area contributed by atoms with Gasteiger partial charge in [-0.3, -0.25) is 0 Å². The Morgan fingerprint density at radius 2 is 2.12 bits per heavy atom. The summed E-state index contributed by atoms with van der Waals surface area (Å²) in [6.07, 6.45) is 2.04. The summed E-state index contributed by atoms with van der Waals surface area (Å²) in [7, 11) is 0. The molecule has 2 fully saturated rings. The second-order valence-electron chi connectivity index (χ2n) is 7.03. The van der Waals surface area contributed by atoms with Gasteiger partial charge in [0.25, 0.3) is 0 Å². The van der Waals surface area contributed by atoms with Crippen LogP contribution in [0.15, 0.2) is 24.3 Å². The minimum atomic E-state index is -0.573. The van der Waals surface area contributed by atoms with Crippen LogP contribution in [0.3, 0.4) is 0 Å². The predicted octanol–water partition coefficient (Wildman–Crippen LogP) is 2.07. The van der Waals surface area contributed by atoms with Gasteiger partial charge >= 0.3 is 0 Å². The minimum absolute atomic E-state index is 0.00472. The molecule has 1 aromatic rings. The maximum Gasteiger partial charge on any atom is 0.120 e. The van der Waals surface area contributed by atoms with E-state index >= 15 is 0 Å². The lowest BCUT2D eigenvalue weighted by atomic mass is 9.85. The number of nitriles is 1. The van der Waals surface area contributed by atoms with Gasteiger partial charge in [0.2, 0.25) is 0 Å². The average molecular weight is 351 g/mol. The summed E-state index contributed by atoms with van der Waals surface area (Å²) in [6.45, 7) is 2.42. The van der Waals surface area contributed by atoms with Crippen molar-refractivity contribution in [2.24, 2.45) is 10.8 Å². The molecular weight excluding hydrogens is 328 g/mol. The fourth-order valence-corrected chi connectivity index (χ4v) is 4.05. The van der Waals surface area contributed by atoms with Gasteiger partial charge in [0.05, 0.1) is 18.1 Å². The van der Waals surface area contributed by atoms with E-state index in [2.05, 4.69) is 11.0 Å². The van der Waals surface area contributed by atoms with Crippen molar-refractivity contribution in [3.63, 3.8) is 0 Å². The number of rotatable bonds is 6. The van der Waals surface area contributed by atoms with E-state index in [1.807, 2.05) is 12.1 Å². The van der Waals surface area contributed by atoms with Crippen molar-refractivity contribution in [1.29, 1.82) is 5.26 Å². The van der Waals surface area contributed by atoms with Crippen LogP contribution in [0.2, 0.25) is 5.02 Å². The molecule has 6 heteroatoms. The van der Waals surface area contributed by atoms with Gasteiger partial charge < -0.3 is 19.8 Å². The molecule has 130 valence electrons. The summed E-state index contributed by atoms with van der Waals surface area (Å²) in [6, 6.07) is 9.44. The molecule has 2 atom stereocenters. The van der Waals surface area contributed by atoms with Crippen LogP contribution in [0.25, 0.3) is 0 Å². The molecule has 0 amide bonds. The van der Waals surface area contributed by atoms with E-state index in [1.165, 1.54) is 0 Å². The molecule has 2 unspecified atom stereocenters. The monoisotopic (exact) mass is 350 g/mol. The zero-order valence-corrected chi connectivity index (χ0v) is 14.4. The quantitative estimate of drug-likeness (QED) is 0.821. The molecule has 1 aliphatic heterocycles. The molecule has 1 heterocycles. The van der Waals surface area contributed by atoms with Gasteiger partial charge in [0.1, 0.15) is 18.5 Å². The molecule has 1 saturated carbocycles. The molecule has 1 aromatic carbocycles. The van der Waals surface area contributed by atoms with E-state index in [-0.39, 0.29) is 18.6 Å². The van der Waals surface area contributed by atoms with Gasteiger partial charge in [-0.15, -0.1) is 0 Å². The number of hydrogen-bond donors (Lipinski definition) is 2. The summed E-state index contributed by atoms with van der Waals surface area (Å²) in [5.41, 5.74) is -0.525. The Labute approximate surface area is 147 Å². The van der Waals surface area contributed by atoms with Gasteiger partial charge in [0, 0.05) is 11.6 Å². The summed E-state index contributed by atoms with van der Waals surface area (Å²) < 4.78 is 5.57.